The third-order valence-corrected chi connectivity index (χ3v) is 7.68. The Morgan fingerprint density at radius 3 is 2.45 bits per heavy atom. The van der Waals surface area contributed by atoms with Crippen LogP contribution >= 0.6 is 0 Å². The highest BCUT2D eigenvalue weighted by Gasteiger charge is 2.63. The number of benzene rings is 2. The van der Waals surface area contributed by atoms with Gasteiger partial charge in [0.2, 0.25) is 5.54 Å². The summed E-state index contributed by atoms with van der Waals surface area (Å²) in [5, 5.41) is 21.3. The maximum atomic E-state index is 14.9. The predicted octanol–water partition coefficient (Wildman–Crippen LogP) is 4.36. The van der Waals surface area contributed by atoms with E-state index in [0.717, 1.165) is 48.3 Å². The number of nitrogens with one attached hydrogen (secondary N) is 1. The molecule has 6 rings (SSSR count). The summed E-state index contributed by atoms with van der Waals surface area (Å²) < 4.78 is 76.1. The third kappa shape index (κ3) is 5.19. The van der Waals surface area contributed by atoms with Crippen LogP contribution in [0.3, 0.4) is 0 Å². The smallest absolute Gasteiger partial charge is 0.419 e. The van der Waals surface area contributed by atoms with E-state index in [9.17, 15) is 27.5 Å². The van der Waals surface area contributed by atoms with Gasteiger partial charge in [-0.15, -0.1) is 10.2 Å². The molecule has 3 heterocycles. The van der Waals surface area contributed by atoms with Gasteiger partial charge >= 0.3 is 6.18 Å². The van der Waals surface area contributed by atoms with Crippen LogP contribution in [0.2, 0.25) is 0 Å². The van der Waals surface area contributed by atoms with Crippen molar-refractivity contribution in [1.82, 2.24) is 25.1 Å². The second-order valence-corrected chi connectivity index (χ2v) is 10.9. The Balaban J connectivity index is 1.37. The average molecular weight is 614 g/mol. The Bertz CT molecular complexity index is 1690. The van der Waals surface area contributed by atoms with Crippen molar-refractivity contribution in [3.63, 3.8) is 0 Å². The molecule has 4 aromatic rings. The fourth-order valence-electron chi connectivity index (χ4n) is 5.03. The van der Waals surface area contributed by atoms with Crippen molar-refractivity contribution in [2.75, 3.05) is 20.3 Å². The standard InChI is InChI=1S/C30H27F4N5O5/c1-28(41,13-35-27(40)18-5-10-22(23(11-18)42-2)44-20-8-9-20)24-12-21-26(25(38-24)17-3-6-19(31)7-4-17)43-14-29(21,30(32,33)34)39-15-36-37-16-39/h3-7,10-12,15-16,20,41H,8-9,13-14H2,1-2H3,(H,35,40)/t28-,29-/m0/s1. The van der Waals surface area contributed by atoms with Gasteiger partial charge in [0.05, 0.1) is 25.5 Å². The Labute approximate surface area is 248 Å². The van der Waals surface area contributed by atoms with Gasteiger partial charge in [-0.1, -0.05) is 0 Å². The molecule has 1 aliphatic carbocycles. The summed E-state index contributed by atoms with van der Waals surface area (Å²) in [6, 6.07) is 10.7. The molecule has 2 N–H and O–H groups in total. The molecule has 1 amide bonds. The lowest BCUT2D eigenvalue weighted by Crippen LogP contribution is -2.49. The number of rotatable bonds is 9. The maximum Gasteiger partial charge on any atom is 0.419 e. The van der Waals surface area contributed by atoms with Gasteiger partial charge in [0, 0.05) is 16.7 Å². The van der Waals surface area contributed by atoms with Crippen LogP contribution in [-0.4, -0.2) is 63.3 Å². The normalized spacial score (nSPS) is 19.1. The van der Waals surface area contributed by atoms with Crippen LogP contribution in [0.15, 0.2) is 61.2 Å². The van der Waals surface area contributed by atoms with E-state index in [0.29, 0.717) is 11.5 Å². The number of alkyl halides is 3. The monoisotopic (exact) mass is 613 g/mol. The zero-order valence-electron chi connectivity index (χ0n) is 23.6. The molecular formula is C30H27F4N5O5. The van der Waals surface area contributed by atoms with E-state index in [-0.39, 0.29) is 39.9 Å². The van der Waals surface area contributed by atoms with E-state index in [4.69, 9.17) is 14.2 Å². The van der Waals surface area contributed by atoms with Gasteiger partial charge < -0.3 is 24.6 Å². The first-order valence-corrected chi connectivity index (χ1v) is 13.6. The SMILES string of the molecule is COc1cc(C(=O)NC[C@](C)(O)c2cc3c(c(-c4ccc(F)cc4)n2)OC[C@@]3(n2cnnc2)C(F)(F)F)ccc1OC1CC1. The van der Waals surface area contributed by atoms with Crippen molar-refractivity contribution in [3.8, 4) is 28.5 Å². The summed E-state index contributed by atoms with van der Waals surface area (Å²) in [5.41, 5.74) is -4.83. The van der Waals surface area contributed by atoms with E-state index in [1.165, 1.54) is 32.2 Å². The van der Waals surface area contributed by atoms with Gasteiger partial charge in [-0.05, 0) is 68.3 Å². The summed E-state index contributed by atoms with van der Waals surface area (Å²) in [4.78, 5) is 17.5. The first-order chi connectivity index (χ1) is 20.9. The highest BCUT2D eigenvalue weighted by molar-refractivity contribution is 5.95. The molecule has 2 aromatic heterocycles. The number of fused-ring (bicyclic) bond motifs is 1. The summed E-state index contributed by atoms with van der Waals surface area (Å²) in [7, 11) is 1.45. The largest absolute Gasteiger partial charge is 0.493 e. The molecule has 0 spiro atoms. The fourth-order valence-corrected chi connectivity index (χ4v) is 5.03. The molecule has 14 heteroatoms. The number of amides is 1. The zero-order chi connectivity index (χ0) is 31.3. The predicted molar refractivity (Wildman–Crippen MR) is 147 cm³/mol. The number of pyridine rings is 1. The molecule has 0 saturated heterocycles. The topological polar surface area (TPSA) is 121 Å². The number of hydrogen-bond acceptors (Lipinski definition) is 8. The molecule has 230 valence electrons. The molecule has 1 fully saturated rings. The maximum absolute atomic E-state index is 14.9. The number of methoxy groups -OCH3 is 1. The van der Waals surface area contributed by atoms with E-state index in [1.54, 1.807) is 12.1 Å². The number of carbonyl (C=O) groups excluding carboxylic acids is 1. The van der Waals surface area contributed by atoms with Crippen LogP contribution in [0.25, 0.3) is 11.3 Å². The third-order valence-electron chi connectivity index (χ3n) is 7.68. The van der Waals surface area contributed by atoms with E-state index < -0.39 is 42.2 Å². The van der Waals surface area contributed by atoms with Crippen LogP contribution in [0.1, 0.15) is 41.4 Å². The number of ether oxygens (including phenoxy) is 3. The Morgan fingerprint density at radius 2 is 1.82 bits per heavy atom. The number of carbonyl (C=O) groups is 1. The van der Waals surface area contributed by atoms with Crippen molar-refractivity contribution in [2.24, 2.45) is 0 Å². The first-order valence-electron chi connectivity index (χ1n) is 13.6. The molecule has 1 aliphatic heterocycles. The fraction of sp³-hybridized carbons (Fsp3) is 0.333. The number of aliphatic hydroxyl groups is 1. The minimum absolute atomic E-state index is 0.0423. The summed E-state index contributed by atoms with van der Waals surface area (Å²) in [6.07, 6.45) is -1.04. The minimum atomic E-state index is -4.90. The van der Waals surface area contributed by atoms with E-state index in [1.807, 2.05) is 0 Å². The van der Waals surface area contributed by atoms with Crippen molar-refractivity contribution in [1.29, 1.82) is 0 Å². The van der Waals surface area contributed by atoms with Crippen LogP contribution in [0.4, 0.5) is 17.6 Å². The lowest BCUT2D eigenvalue weighted by atomic mass is 9.87. The van der Waals surface area contributed by atoms with Gasteiger partial charge in [-0.2, -0.15) is 13.2 Å². The Hall–Kier alpha value is -4.72. The Kier molecular flexibility index (Phi) is 7.19. The lowest BCUT2D eigenvalue weighted by molar-refractivity contribution is -0.202. The molecule has 44 heavy (non-hydrogen) atoms. The highest BCUT2D eigenvalue weighted by Crippen LogP contribution is 2.53. The van der Waals surface area contributed by atoms with Crippen molar-refractivity contribution >= 4 is 5.91 Å². The van der Waals surface area contributed by atoms with E-state index >= 15 is 0 Å². The van der Waals surface area contributed by atoms with Gasteiger partial charge in [-0.3, -0.25) is 9.36 Å². The molecule has 1 saturated carbocycles. The molecule has 0 unspecified atom stereocenters. The summed E-state index contributed by atoms with van der Waals surface area (Å²) in [5.74, 6) is -0.462. The molecule has 2 aliphatic rings. The van der Waals surface area contributed by atoms with Gasteiger partial charge in [0.1, 0.15) is 36.4 Å². The molecule has 2 atom stereocenters. The van der Waals surface area contributed by atoms with E-state index in [2.05, 4.69) is 20.5 Å². The quantitative estimate of drug-likeness (QED) is 0.267. The van der Waals surface area contributed by atoms with Crippen molar-refractivity contribution in [2.45, 2.75) is 43.2 Å². The molecule has 0 radical (unpaired) electrons. The number of nitrogens with zero attached hydrogens (tertiary/aromatic N) is 4. The molecule has 0 bridgehead atoms. The van der Waals surface area contributed by atoms with Crippen LogP contribution in [0, 0.1) is 5.82 Å². The second kappa shape index (κ2) is 10.8. The molecule has 2 aromatic carbocycles. The Morgan fingerprint density at radius 1 is 1.11 bits per heavy atom. The highest BCUT2D eigenvalue weighted by atomic mass is 19.4. The lowest BCUT2D eigenvalue weighted by Gasteiger charge is -2.32. The molecule has 10 nitrogen and oxygen atoms in total. The minimum Gasteiger partial charge on any atom is -0.493 e. The summed E-state index contributed by atoms with van der Waals surface area (Å²) >= 11 is 0. The number of hydrogen-bond donors (Lipinski definition) is 2. The van der Waals surface area contributed by atoms with Crippen molar-refractivity contribution < 1.29 is 41.7 Å². The average Bonchev–Trinajstić information content (AvgIpc) is 3.46. The summed E-state index contributed by atoms with van der Waals surface area (Å²) in [6.45, 7) is 0.0352. The first kappa shape index (κ1) is 29.4. The van der Waals surface area contributed by atoms with Crippen molar-refractivity contribution in [3.05, 3.63) is 83.8 Å². The van der Waals surface area contributed by atoms with Gasteiger partial charge in [0.15, 0.2) is 17.2 Å². The van der Waals surface area contributed by atoms with Crippen LogP contribution in [-0.2, 0) is 11.1 Å². The number of aromatic nitrogens is 4. The second-order valence-electron chi connectivity index (χ2n) is 10.9. The zero-order valence-corrected chi connectivity index (χ0v) is 23.6. The number of halogens is 4. The van der Waals surface area contributed by atoms with Gasteiger partial charge in [-0.25, -0.2) is 9.37 Å². The van der Waals surface area contributed by atoms with Gasteiger partial charge in [0.25, 0.3) is 5.91 Å². The van der Waals surface area contributed by atoms with Crippen LogP contribution in [0.5, 0.6) is 17.2 Å². The molecular weight excluding hydrogens is 586 g/mol. The van der Waals surface area contributed by atoms with Crippen LogP contribution < -0.4 is 19.5 Å².